The summed E-state index contributed by atoms with van der Waals surface area (Å²) in [6.45, 7) is 0. The van der Waals surface area contributed by atoms with E-state index in [0.29, 0.717) is 5.76 Å². The first-order valence-corrected chi connectivity index (χ1v) is 3.67. The maximum absolute atomic E-state index is 9.37. The van der Waals surface area contributed by atoms with Crippen molar-refractivity contribution in [1.29, 1.82) is 0 Å². The molecule has 2 aliphatic carbocycles. The minimum Gasteiger partial charge on any atom is -0.512 e. The van der Waals surface area contributed by atoms with Crippen LogP contribution in [0.5, 0.6) is 0 Å². The summed E-state index contributed by atoms with van der Waals surface area (Å²) in [6, 6.07) is 0. The molecule has 0 fully saturated rings. The molecular formula is C9H10O. The first-order chi connectivity index (χ1) is 4.88. The molecule has 52 valence electrons. The van der Waals surface area contributed by atoms with E-state index in [1.165, 1.54) is 5.57 Å². The van der Waals surface area contributed by atoms with E-state index in [1.807, 2.05) is 12.2 Å². The van der Waals surface area contributed by atoms with E-state index in [1.54, 1.807) is 0 Å². The van der Waals surface area contributed by atoms with E-state index >= 15 is 0 Å². The molecule has 0 unspecified atom stereocenters. The van der Waals surface area contributed by atoms with Crippen molar-refractivity contribution in [3.8, 4) is 0 Å². The van der Waals surface area contributed by atoms with Crippen molar-refractivity contribution >= 4 is 0 Å². The van der Waals surface area contributed by atoms with Gasteiger partial charge in [0, 0.05) is 12.0 Å². The maximum atomic E-state index is 9.37. The number of aliphatic hydroxyl groups excluding tert-OH is 1. The normalized spacial score (nSPS) is 23.0. The number of aliphatic hydroxyl groups is 1. The average Bonchev–Trinajstić information content (AvgIpc) is 2.36. The van der Waals surface area contributed by atoms with E-state index in [0.717, 1.165) is 24.8 Å². The number of hydrogen-bond donors (Lipinski definition) is 1. The second-order valence-corrected chi connectivity index (χ2v) is 2.76. The predicted octanol–water partition coefficient (Wildman–Crippen LogP) is 2.48. The first-order valence-electron chi connectivity index (χ1n) is 3.67. The van der Waals surface area contributed by atoms with E-state index in [9.17, 15) is 5.11 Å². The number of hydrogen-bond acceptors (Lipinski definition) is 1. The van der Waals surface area contributed by atoms with Crippen LogP contribution in [0.15, 0.2) is 35.1 Å². The monoisotopic (exact) mass is 134 g/mol. The van der Waals surface area contributed by atoms with Gasteiger partial charge >= 0.3 is 0 Å². The summed E-state index contributed by atoms with van der Waals surface area (Å²) < 4.78 is 0. The Bertz CT molecular complexity index is 243. The molecule has 0 saturated carbocycles. The standard InChI is InChI=1S/C9H10O/c10-9-6-2-4-7-3-1-5-8(7)9/h1,3,5,10H,2,4,6H2. The molecule has 0 heterocycles. The summed E-state index contributed by atoms with van der Waals surface area (Å²) in [5, 5.41) is 9.37. The number of fused-ring (bicyclic) bond motifs is 1. The van der Waals surface area contributed by atoms with Crippen molar-refractivity contribution in [3.63, 3.8) is 0 Å². The topological polar surface area (TPSA) is 20.2 Å². The lowest BCUT2D eigenvalue weighted by Crippen LogP contribution is -1.98. The highest BCUT2D eigenvalue weighted by molar-refractivity contribution is 5.50. The van der Waals surface area contributed by atoms with Gasteiger partial charge in [0.2, 0.25) is 0 Å². The Morgan fingerprint density at radius 2 is 2.20 bits per heavy atom. The Morgan fingerprint density at radius 3 is 3.00 bits per heavy atom. The van der Waals surface area contributed by atoms with Crippen molar-refractivity contribution in [2.45, 2.75) is 19.3 Å². The summed E-state index contributed by atoms with van der Waals surface area (Å²) in [6.07, 6.45) is 9.17. The minimum absolute atomic E-state index is 0.575. The second kappa shape index (κ2) is 2.01. The van der Waals surface area contributed by atoms with Gasteiger partial charge in [0.25, 0.3) is 0 Å². The molecule has 10 heavy (non-hydrogen) atoms. The second-order valence-electron chi connectivity index (χ2n) is 2.76. The Hall–Kier alpha value is -0.980. The maximum Gasteiger partial charge on any atom is 0.0997 e. The molecule has 0 radical (unpaired) electrons. The lowest BCUT2D eigenvalue weighted by Gasteiger charge is -2.13. The van der Waals surface area contributed by atoms with Crippen molar-refractivity contribution in [2.75, 3.05) is 0 Å². The van der Waals surface area contributed by atoms with Crippen LogP contribution in [0.3, 0.4) is 0 Å². The third-order valence-corrected chi connectivity index (χ3v) is 2.08. The van der Waals surface area contributed by atoms with Crippen LogP contribution in [0.25, 0.3) is 0 Å². The highest BCUT2D eigenvalue weighted by Gasteiger charge is 2.16. The van der Waals surface area contributed by atoms with Crippen LogP contribution in [0, 0.1) is 0 Å². The fourth-order valence-electron chi connectivity index (χ4n) is 1.54. The Balaban J connectivity index is 2.45. The Kier molecular flexibility index (Phi) is 1.16. The van der Waals surface area contributed by atoms with Crippen molar-refractivity contribution in [2.24, 2.45) is 0 Å². The Labute approximate surface area is 60.4 Å². The molecular weight excluding hydrogens is 124 g/mol. The van der Waals surface area contributed by atoms with Gasteiger partial charge in [-0.3, -0.25) is 0 Å². The van der Waals surface area contributed by atoms with Crippen molar-refractivity contribution < 1.29 is 5.11 Å². The van der Waals surface area contributed by atoms with Gasteiger partial charge in [-0.05, 0) is 18.4 Å². The van der Waals surface area contributed by atoms with Crippen LogP contribution < -0.4 is 0 Å². The molecule has 0 spiro atoms. The van der Waals surface area contributed by atoms with Crippen molar-refractivity contribution in [3.05, 3.63) is 35.1 Å². The number of rotatable bonds is 0. The zero-order valence-corrected chi connectivity index (χ0v) is 5.80. The Morgan fingerprint density at radius 1 is 1.30 bits per heavy atom. The summed E-state index contributed by atoms with van der Waals surface area (Å²) >= 11 is 0. The SMILES string of the molecule is OC1=C2C=CC=C2CCC1. The summed E-state index contributed by atoms with van der Waals surface area (Å²) in [5.41, 5.74) is 2.38. The molecule has 0 aromatic rings. The van der Waals surface area contributed by atoms with Gasteiger partial charge in [0.05, 0.1) is 5.76 Å². The predicted molar refractivity (Wildman–Crippen MR) is 40.7 cm³/mol. The van der Waals surface area contributed by atoms with E-state index < -0.39 is 0 Å². The fourth-order valence-corrected chi connectivity index (χ4v) is 1.54. The third kappa shape index (κ3) is 0.703. The highest BCUT2D eigenvalue weighted by atomic mass is 16.3. The molecule has 1 heteroatoms. The van der Waals surface area contributed by atoms with Gasteiger partial charge in [-0.2, -0.15) is 0 Å². The molecule has 0 bridgehead atoms. The molecule has 1 N–H and O–H groups in total. The van der Waals surface area contributed by atoms with Crippen LogP contribution in [0.1, 0.15) is 19.3 Å². The smallest absolute Gasteiger partial charge is 0.0997 e. The molecule has 0 aromatic carbocycles. The van der Waals surface area contributed by atoms with Gasteiger partial charge < -0.3 is 5.11 Å². The van der Waals surface area contributed by atoms with Crippen LogP contribution in [0.2, 0.25) is 0 Å². The average molecular weight is 134 g/mol. The lowest BCUT2D eigenvalue weighted by atomic mass is 9.95. The zero-order chi connectivity index (χ0) is 6.97. The van der Waals surface area contributed by atoms with Crippen LogP contribution in [0.4, 0.5) is 0 Å². The van der Waals surface area contributed by atoms with Crippen LogP contribution in [-0.2, 0) is 0 Å². The molecule has 1 nitrogen and oxygen atoms in total. The molecule has 0 aromatic heterocycles. The van der Waals surface area contributed by atoms with Gasteiger partial charge in [-0.25, -0.2) is 0 Å². The largest absolute Gasteiger partial charge is 0.512 e. The van der Waals surface area contributed by atoms with E-state index in [2.05, 4.69) is 6.08 Å². The van der Waals surface area contributed by atoms with Gasteiger partial charge in [0.1, 0.15) is 0 Å². The molecule has 0 saturated heterocycles. The zero-order valence-electron chi connectivity index (χ0n) is 5.80. The molecule has 0 aliphatic heterocycles. The molecule has 0 atom stereocenters. The third-order valence-electron chi connectivity index (χ3n) is 2.08. The van der Waals surface area contributed by atoms with E-state index in [4.69, 9.17) is 0 Å². The number of allylic oxidation sites excluding steroid dienone is 6. The summed E-state index contributed by atoms with van der Waals surface area (Å²) in [5.74, 6) is 0.575. The quantitative estimate of drug-likeness (QED) is 0.539. The highest BCUT2D eigenvalue weighted by Crippen LogP contribution is 2.31. The lowest BCUT2D eigenvalue weighted by molar-refractivity contribution is 0.373. The van der Waals surface area contributed by atoms with Gasteiger partial charge in [-0.15, -0.1) is 0 Å². The van der Waals surface area contributed by atoms with Crippen LogP contribution in [-0.4, -0.2) is 5.11 Å². The molecule has 2 rings (SSSR count). The molecule has 0 amide bonds. The summed E-state index contributed by atoms with van der Waals surface area (Å²) in [7, 11) is 0. The summed E-state index contributed by atoms with van der Waals surface area (Å²) in [4.78, 5) is 0. The van der Waals surface area contributed by atoms with E-state index in [-0.39, 0.29) is 0 Å². The van der Waals surface area contributed by atoms with Crippen molar-refractivity contribution in [1.82, 2.24) is 0 Å². The minimum atomic E-state index is 0.575. The fraction of sp³-hybridized carbons (Fsp3) is 0.333. The van der Waals surface area contributed by atoms with Crippen LogP contribution >= 0.6 is 0 Å². The molecule has 2 aliphatic rings. The van der Waals surface area contributed by atoms with Gasteiger partial charge in [-0.1, -0.05) is 18.2 Å². The first kappa shape index (κ1) is 5.78. The van der Waals surface area contributed by atoms with Gasteiger partial charge in [0.15, 0.2) is 0 Å².